The first-order valence-corrected chi connectivity index (χ1v) is 9.77. The molecule has 6 nitrogen and oxygen atoms in total. The van der Waals surface area contributed by atoms with Gasteiger partial charge in [0, 0.05) is 42.9 Å². The molecule has 1 aromatic carbocycles. The summed E-state index contributed by atoms with van der Waals surface area (Å²) in [5.41, 5.74) is 4.95. The highest BCUT2D eigenvalue weighted by atomic mass is 16.2. The Morgan fingerprint density at radius 1 is 1.11 bits per heavy atom. The smallest absolute Gasteiger partial charge is 0.313 e. The minimum atomic E-state index is -0.613. The molecule has 0 atom stereocenters. The molecule has 1 aliphatic rings. The van der Waals surface area contributed by atoms with Gasteiger partial charge in [0.05, 0.1) is 0 Å². The van der Waals surface area contributed by atoms with Gasteiger partial charge in [-0.1, -0.05) is 12.1 Å². The summed E-state index contributed by atoms with van der Waals surface area (Å²) >= 11 is 0. The largest absolute Gasteiger partial charge is 0.371 e. The molecule has 1 fully saturated rings. The minimum Gasteiger partial charge on any atom is -0.371 e. The summed E-state index contributed by atoms with van der Waals surface area (Å²) in [6, 6.07) is 9.79. The Kier molecular flexibility index (Phi) is 6.29. The van der Waals surface area contributed by atoms with Gasteiger partial charge < -0.3 is 15.5 Å². The maximum absolute atomic E-state index is 12.2. The number of carbonyl (C=O) groups is 2. The van der Waals surface area contributed by atoms with E-state index in [1.165, 1.54) is 5.69 Å². The standard InChI is InChI=1S/C22H28N4O2/c1-15-5-4-6-20(17(15)3)25-22(28)21(27)24-14-18-8-11-26(12-9-18)19-7-10-23-16(2)13-19/h4-7,10,13,18H,8-9,11-12,14H2,1-3H3,(H,24,27)(H,25,28). The average Bonchev–Trinajstić information content (AvgIpc) is 2.70. The number of nitrogens with one attached hydrogen (secondary N) is 2. The number of nitrogens with zero attached hydrogens (tertiary/aromatic N) is 2. The molecule has 1 saturated heterocycles. The fourth-order valence-electron chi connectivity index (χ4n) is 3.51. The Balaban J connectivity index is 1.45. The van der Waals surface area contributed by atoms with Crippen LogP contribution in [0.3, 0.4) is 0 Å². The number of pyridine rings is 1. The van der Waals surface area contributed by atoms with E-state index in [1.54, 1.807) is 0 Å². The fraction of sp³-hybridized carbons (Fsp3) is 0.409. The van der Waals surface area contributed by atoms with Gasteiger partial charge in [0.15, 0.2) is 0 Å². The van der Waals surface area contributed by atoms with Gasteiger partial charge in [-0.05, 0) is 68.9 Å². The maximum atomic E-state index is 12.2. The summed E-state index contributed by atoms with van der Waals surface area (Å²) in [7, 11) is 0. The van der Waals surface area contributed by atoms with Crippen LogP contribution in [0.5, 0.6) is 0 Å². The summed E-state index contributed by atoms with van der Waals surface area (Å²) < 4.78 is 0. The molecular weight excluding hydrogens is 352 g/mol. The third kappa shape index (κ3) is 4.88. The predicted octanol–water partition coefficient (Wildman–Crippen LogP) is 2.98. The van der Waals surface area contributed by atoms with Gasteiger partial charge in [0.1, 0.15) is 0 Å². The summed E-state index contributed by atoms with van der Waals surface area (Å²) in [5, 5.41) is 5.50. The van der Waals surface area contributed by atoms with Gasteiger partial charge in [-0.25, -0.2) is 0 Å². The van der Waals surface area contributed by atoms with Crippen molar-refractivity contribution in [2.75, 3.05) is 29.9 Å². The number of rotatable bonds is 4. The molecule has 3 rings (SSSR count). The number of benzene rings is 1. The molecule has 6 heteroatoms. The van der Waals surface area contributed by atoms with Crippen molar-refractivity contribution in [1.82, 2.24) is 10.3 Å². The molecule has 0 bridgehead atoms. The van der Waals surface area contributed by atoms with Crippen LogP contribution in [0.2, 0.25) is 0 Å². The van der Waals surface area contributed by atoms with Crippen LogP contribution in [0.15, 0.2) is 36.5 Å². The number of piperidine rings is 1. The summed E-state index contributed by atoms with van der Waals surface area (Å²) in [5.74, 6) is -0.803. The first kappa shape index (κ1) is 19.9. The Morgan fingerprint density at radius 2 is 1.86 bits per heavy atom. The van der Waals surface area contributed by atoms with E-state index in [0.717, 1.165) is 42.8 Å². The van der Waals surface area contributed by atoms with Crippen LogP contribution in [-0.4, -0.2) is 36.4 Å². The topological polar surface area (TPSA) is 74.3 Å². The van der Waals surface area contributed by atoms with E-state index in [2.05, 4.69) is 26.6 Å². The lowest BCUT2D eigenvalue weighted by Gasteiger charge is -2.33. The number of hydrogen-bond acceptors (Lipinski definition) is 4. The van der Waals surface area contributed by atoms with E-state index in [9.17, 15) is 9.59 Å². The second kappa shape index (κ2) is 8.87. The van der Waals surface area contributed by atoms with E-state index in [4.69, 9.17) is 0 Å². The molecule has 1 aromatic heterocycles. The van der Waals surface area contributed by atoms with Crippen LogP contribution in [-0.2, 0) is 9.59 Å². The van der Waals surface area contributed by atoms with E-state index < -0.39 is 11.8 Å². The number of amides is 2. The average molecular weight is 380 g/mol. The van der Waals surface area contributed by atoms with Crippen molar-refractivity contribution in [2.24, 2.45) is 5.92 Å². The van der Waals surface area contributed by atoms with Crippen molar-refractivity contribution < 1.29 is 9.59 Å². The summed E-state index contributed by atoms with van der Waals surface area (Å²) in [6.07, 6.45) is 3.81. The van der Waals surface area contributed by atoms with Gasteiger partial charge in [-0.2, -0.15) is 0 Å². The van der Waals surface area contributed by atoms with E-state index in [1.807, 2.05) is 51.2 Å². The highest BCUT2D eigenvalue weighted by Crippen LogP contribution is 2.23. The molecule has 2 amide bonds. The number of aromatic nitrogens is 1. The second-order valence-corrected chi connectivity index (χ2v) is 7.50. The SMILES string of the molecule is Cc1cc(N2CCC(CNC(=O)C(=O)Nc3cccc(C)c3C)CC2)ccn1. The van der Waals surface area contributed by atoms with Gasteiger partial charge in [0.2, 0.25) is 0 Å². The van der Waals surface area contributed by atoms with Crippen LogP contribution in [0, 0.1) is 26.7 Å². The van der Waals surface area contributed by atoms with Crippen molar-refractivity contribution in [3.63, 3.8) is 0 Å². The van der Waals surface area contributed by atoms with Crippen LogP contribution >= 0.6 is 0 Å². The molecule has 2 aromatic rings. The Hall–Kier alpha value is -2.89. The van der Waals surface area contributed by atoms with E-state index in [-0.39, 0.29) is 0 Å². The van der Waals surface area contributed by atoms with E-state index >= 15 is 0 Å². The van der Waals surface area contributed by atoms with Gasteiger partial charge in [0.25, 0.3) is 0 Å². The highest BCUT2D eigenvalue weighted by Gasteiger charge is 2.22. The van der Waals surface area contributed by atoms with Crippen molar-refractivity contribution >= 4 is 23.2 Å². The third-order valence-electron chi connectivity index (χ3n) is 5.47. The maximum Gasteiger partial charge on any atom is 0.313 e. The molecule has 0 saturated carbocycles. The summed E-state index contributed by atoms with van der Waals surface area (Å²) in [4.78, 5) is 30.9. The zero-order valence-electron chi connectivity index (χ0n) is 16.8. The fourth-order valence-corrected chi connectivity index (χ4v) is 3.51. The first-order chi connectivity index (χ1) is 13.4. The molecule has 0 aliphatic carbocycles. The van der Waals surface area contributed by atoms with Crippen molar-refractivity contribution in [3.05, 3.63) is 53.3 Å². The molecule has 2 heterocycles. The molecule has 0 spiro atoms. The van der Waals surface area contributed by atoms with Crippen molar-refractivity contribution in [3.8, 4) is 0 Å². The monoisotopic (exact) mass is 380 g/mol. The van der Waals surface area contributed by atoms with Crippen molar-refractivity contribution in [2.45, 2.75) is 33.6 Å². The Morgan fingerprint density at radius 3 is 2.57 bits per heavy atom. The zero-order chi connectivity index (χ0) is 20.1. The second-order valence-electron chi connectivity index (χ2n) is 7.50. The van der Waals surface area contributed by atoms with E-state index in [0.29, 0.717) is 18.2 Å². The lowest BCUT2D eigenvalue weighted by molar-refractivity contribution is -0.136. The van der Waals surface area contributed by atoms with Gasteiger partial charge in [-0.3, -0.25) is 14.6 Å². The first-order valence-electron chi connectivity index (χ1n) is 9.77. The van der Waals surface area contributed by atoms with Gasteiger partial charge >= 0.3 is 11.8 Å². The van der Waals surface area contributed by atoms with Crippen LogP contribution in [0.4, 0.5) is 11.4 Å². The molecular formula is C22H28N4O2. The molecule has 1 aliphatic heterocycles. The third-order valence-corrected chi connectivity index (χ3v) is 5.47. The number of carbonyl (C=O) groups excluding carboxylic acids is 2. The number of anilines is 2. The van der Waals surface area contributed by atoms with Crippen LogP contribution in [0.1, 0.15) is 29.7 Å². The Bertz CT molecular complexity index is 857. The molecule has 0 unspecified atom stereocenters. The summed E-state index contributed by atoms with van der Waals surface area (Å²) in [6.45, 7) is 8.32. The quantitative estimate of drug-likeness (QED) is 0.800. The van der Waals surface area contributed by atoms with Gasteiger partial charge in [-0.15, -0.1) is 0 Å². The highest BCUT2D eigenvalue weighted by molar-refractivity contribution is 6.39. The zero-order valence-corrected chi connectivity index (χ0v) is 16.8. The number of hydrogen-bond donors (Lipinski definition) is 2. The minimum absolute atomic E-state index is 0.386. The van der Waals surface area contributed by atoms with Crippen molar-refractivity contribution in [1.29, 1.82) is 0 Å². The molecule has 28 heavy (non-hydrogen) atoms. The molecule has 0 radical (unpaired) electrons. The number of aryl methyl sites for hydroxylation is 2. The lowest BCUT2D eigenvalue weighted by atomic mass is 9.96. The normalized spacial score (nSPS) is 14.6. The Labute approximate surface area is 166 Å². The lowest BCUT2D eigenvalue weighted by Crippen LogP contribution is -2.42. The van der Waals surface area contributed by atoms with Crippen LogP contribution < -0.4 is 15.5 Å². The molecule has 2 N–H and O–H groups in total. The van der Waals surface area contributed by atoms with Crippen LogP contribution in [0.25, 0.3) is 0 Å². The predicted molar refractivity (Wildman–Crippen MR) is 111 cm³/mol. The molecule has 148 valence electrons.